The molecule has 0 atom stereocenters. The van der Waals surface area contributed by atoms with Gasteiger partial charge in [-0.15, -0.1) is 11.3 Å². The molecule has 1 N–H and O–H groups in total. The van der Waals surface area contributed by atoms with E-state index in [1.54, 1.807) is 18.2 Å². The molecule has 1 heterocycles. The Morgan fingerprint density at radius 1 is 1.33 bits per heavy atom. The lowest BCUT2D eigenvalue weighted by Gasteiger charge is -2.07. The molecule has 0 aliphatic heterocycles. The van der Waals surface area contributed by atoms with Gasteiger partial charge in [0.1, 0.15) is 5.01 Å². The average Bonchev–Trinajstić information content (AvgIpc) is 2.99. The van der Waals surface area contributed by atoms with Gasteiger partial charge in [0.05, 0.1) is 17.3 Å². The number of fused-ring (bicyclic) bond motifs is 1. The number of carbonyl (C=O) groups excluding carboxylic acids is 1. The SMILES string of the molecule is COc1cc(/C=C(\CC(=O)[O-])c2nc3ccccc3s2)ccc1O. The number of aromatic nitrogens is 1. The van der Waals surface area contributed by atoms with Crippen LogP contribution >= 0.6 is 11.3 Å². The van der Waals surface area contributed by atoms with Crippen molar-refractivity contribution in [3.63, 3.8) is 0 Å². The minimum atomic E-state index is -1.17. The monoisotopic (exact) mass is 340 g/mol. The molecular formula is C18H14NO4S-. The molecule has 122 valence electrons. The number of carboxylic acid groups (broad SMARTS) is 1. The summed E-state index contributed by atoms with van der Waals surface area (Å²) in [7, 11) is 1.46. The highest BCUT2D eigenvalue weighted by molar-refractivity contribution is 7.19. The number of nitrogens with zero attached hydrogens (tertiary/aromatic N) is 1. The molecule has 2 aromatic carbocycles. The molecule has 0 saturated heterocycles. The number of thiazole rings is 1. The molecule has 24 heavy (non-hydrogen) atoms. The van der Waals surface area contributed by atoms with Crippen LogP contribution in [0.2, 0.25) is 0 Å². The van der Waals surface area contributed by atoms with E-state index in [0.717, 1.165) is 10.2 Å². The molecule has 0 aliphatic rings. The van der Waals surface area contributed by atoms with E-state index in [4.69, 9.17) is 4.74 Å². The molecular weight excluding hydrogens is 326 g/mol. The molecule has 3 aromatic rings. The third kappa shape index (κ3) is 3.38. The van der Waals surface area contributed by atoms with E-state index in [0.29, 0.717) is 21.9 Å². The number of carbonyl (C=O) groups is 1. The summed E-state index contributed by atoms with van der Waals surface area (Å²) in [6, 6.07) is 12.4. The van der Waals surface area contributed by atoms with E-state index in [1.807, 2.05) is 24.3 Å². The Hall–Kier alpha value is -2.86. The Labute approximate surface area is 142 Å². The number of aromatic hydroxyl groups is 1. The fourth-order valence-electron chi connectivity index (χ4n) is 2.34. The second kappa shape index (κ2) is 6.72. The van der Waals surface area contributed by atoms with E-state index in [2.05, 4.69) is 4.98 Å². The Morgan fingerprint density at radius 2 is 2.12 bits per heavy atom. The van der Waals surface area contributed by atoms with Crippen molar-refractivity contribution in [3.05, 3.63) is 53.0 Å². The van der Waals surface area contributed by atoms with Gasteiger partial charge < -0.3 is 19.7 Å². The lowest BCUT2D eigenvalue weighted by Crippen LogP contribution is -2.22. The van der Waals surface area contributed by atoms with Crippen LogP contribution in [0.25, 0.3) is 21.9 Å². The van der Waals surface area contributed by atoms with Crippen LogP contribution in [0.15, 0.2) is 42.5 Å². The number of rotatable bonds is 5. The van der Waals surface area contributed by atoms with Gasteiger partial charge in [-0.2, -0.15) is 0 Å². The Balaban J connectivity index is 2.07. The van der Waals surface area contributed by atoms with Crippen LogP contribution in [-0.4, -0.2) is 23.2 Å². The highest BCUT2D eigenvalue weighted by Gasteiger charge is 2.10. The molecule has 3 rings (SSSR count). The second-order valence-electron chi connectivity index (χ2n) is 5.14. The van der Waals surface area contributed by atoms with Crippen LogP contribution in [0.3, 0.4) is 0 Å². The van der Waals surface area contributed by atoms with Crippen LogP contribution in [-0.2, 0) is 4.79 Å². The summed E-state index contributed by atoms with van der Waals surface area (Å²) >= 11 is 1.43. The molecule has 0 amide bonds. The van der Waals surface area contributed by atoms with Crippen LogP contribution < -0.4 is 9.84 Å². The molecule has 6 heteroatoms. The number of aliphatic carboxylic acids is 1. The maximum atomic E-state index is 11.1. The predicted molar refractivity (Wildman–Crippen MR) is 91.8 cm³/mol. The highest BCUT2D eigenvalue weighted by Crippen LogP contribution is 2.32. The fourth-order valence-corrected chi connectivity index (χ4v) is 3.32. The van der Waals surface area contributed by atoms with Gasteiger partial charge in [-0.25, -0.2) is 4.98 Å². The van der Waals surface area contributed by atoms with Crippen molar-refractivity contribution < 1.29 is 19.7 Å². The van der Waals surface area contributed by atoms with Crippen LogP contribution in [0.1, 0.15) is 17.0 Å². The number of hydrogen-bond donors (Lipinski definition) is 1. The van der Waals surface area contributed by atoms with E-state index >= 15 is 0 Å². The molecule has 0 aliphatic carbocycles. The summed E-state index contributed by atoms with van der Waals surface area (Å²) in [6.07, 6.45) is 1.47. The lowest BCUT2D eigenvalue weighted by molar-refractivity contribution is -0.304. The molecule has 0 fully saturated rings. The number of para-hydroxylation sites is 1. The van der Waals surface area contributed by atoms with Gasteiger partial charge in [-0.1, -0.05) is 18.2 Å². The first-order valence-corrected chi connectivity index (χ1v) is 8.02. The average molecular weight is 340 g/mol. The van der Waals surface area contributed by atoms with Crippen molar-refractivity contribution in [2.24, 2.45) is 0 Å². The number of hydrogen-bond acceptors (Lipinski definition) is 6. The molecule has 0 spiro atoms. The topological polar surface area (TPSA) is 82.5 Å². The van der Waals surface area contributed by atoms with Gasteiger partial charge in [-0.3, -0.25) is 0 Å². The van der Waals surface area contributed by atoms with E-state index in [1.165, 1.54) is 24.5 Å². The number of phenolic OH excluding ortho intramolecular Hbond substituents is 1. The summed E-state index contributed by atoms with van der Waals surface area (Å²) in [5.74, 6) is -0.830. The molecule has 0 bridgehead atoms. The predicted octanol–water partition coefficient (Wildman–Crippen LogP) is 2.69. The Kier molecular flexibility index (Phi) is 4.48. The summed E-state index contributed by atoms with van der Waals surface area (Å²) in [4.78, 5) is 15.6. The molecule has 1 aromatic heterocycles. The zero-order chi connectivity index (χ0) is 17.1. The second-order valence-corrected chi connectivity index (χ2v) is 6.17. The summed E-state index contributed by atoms with van der Waals surface area (Å²) in [5.41, 5.74) is 2.08. The normalized spacial score (nSPS) is 11.6. The van der Waals surface area contributed by atoms with Gasteiger partial charge in [0.2, 0.25) is 0 Å². The van der Waals surface area contributed by atoms with Gasteiger partial charge >= 0.3 is 0 Å². The molecule has 5 nitrogen and oxygen atoms in total. The van der Waals surface area contributed by atoms with Crippen molar-refractivity contribution in [1.82, 2.24) is 4.98 Å². The summed E-state index contributed by atoms with van der Waals surface area (Å²) in [5, 5.41) is 21.4. The number of benzene rings is 2. The van der Waals surface area contributed by atoms with Crippen LogP contribution in [0.5, 0.6) is 11.5 Å². The third-order valence-corrected chi connectivity index (χ3v) is 4.56. The Bertz CT molecular complexity index is 897. The van der Waals surface area contributed by atoms with Crippen molar-refractivity contribution in [3.8, 4) is 11.5 Å². The van der Waals surface area contributed by atoms with Crippen molar-refractivity contribution >= 4 is 39.2 Å². The smallest absolute Gasteiger partial charge is 0.161 e. The molecule has 0 unspecified atom stereocenters. The van der Waals surface area contributed by atoms with Gasteiger partial charge in [0.25, 0.3) is 0 Å². The third-order valence-electron chi connectivity index (χ3n) is 3.45. The van der Waals surface area contributed by atoms with Gasteiger partial charge in [0, 0.05) is 12.4 Å². The highest BCUT2D eigenvalue weighted by atomic mass is 32.1. The van der Waals surface area contributed by atoms with Crippen molar-refractivity contribution in [2.45, 2.75) is 6.42 Å². The van der Waals surface area contributed by atoms with Crippen molar-refractivity contribution in [1.29, 1.82) is 0 Å². The first-order chi connectivity index (χ1) is 11.6. The first-order valence-electron chi connectivity index (χ1n) is 7.20. The zero-order valence-corrected chi connectivity index (χ0v) is 13.7. The number of phenols is 1. The molecule has 0 saturated carbocycles. The Morgan fingerprint density at radius 3 is 2.83 bits per heavy atom. The summed E-state index contributed by atoms with van der Waals surface area (Å²) < 4.78 is 6.07. The molecule has 0 radical (unpaired) electrons. The van der Waals surface area contributed by atoms with Gasteiger partial charge in [0.15, 0.2) is 11.5 Å². The quantitative estimate of drug-likeness (QED) is 0.772. The standard InChI is InChI=1S/C18H15NO4S/c1-23-15-9-11(6-7-14(15)20)8-12(10-17(21)22)18-19-13-4-2-3-5-16(13)24-18/h2-9,20H,10H2,1H3,(H,21,22)/p-1/b12-8+. The minimum Gasteiger partial charge on any atom is -0.550 e. The number of methoxy groups -OCH3 is 1. The number of carboxylic acids is 1. The lowest BCUT2D eigenvalue weighted by atomic mass is 10.1. The fraction of sp³-hybridized carbons (Fsp3) is 0.111. The van der Waals surface area contributed by atoms with Crippen LogP contribution in [0.4, 0.5) is 0 Å². The maximum Gasteiger partial charge on any atom is 0.161 e. The zero-order valence-electron chi connectivity index (χ0n) is 12.9. The van der Waals surface area contributed by atoms with Gasteiger partial charge in [-0.05, 0) is 41.5 Å². The van der Waals surface area contributed by atoms with E-state index < -0.39 is 5.97 Å². The summed E-state index contributed by atoms with van der Waals surface area (Å²) in [6.45, 7) is 0. The van der Waals surface area contributed by atoms with E-state index in [9.17, 15) is 15.0 Å². The first kappa shape index (κ1) is 16.0. The largest absolute Gasteiger partial charge is 0.550 e. The van der Waals surface area contributed by atoms with E-state index in [-0.39, 0.29) is 12.2 Å². The minimum absolute atomic E-state index is 0.0242. The van der Waals surface area contributed by atoms with Crippen molar-refractivity contribution in [2.75, 3.05) is 7.11 Å². The van der Waals surface area contributed by atoms with Crippen LogP contribution in [0, 0.1) is 0 Å². The maximum absolute atomic E-state index is 11.1. The number of ether oxygens (including phenoxy) is 1.